The summed E-state index contributed by atoms with van der Waals surface area (Å²) in [5, 5.41) is 21.4. The van der Waals surface area contributed by atoms with Crippen LogP contribution in [0.4, 0.5) is 19.0 Å². The predicted molar refractivity (Wildman–Crippen MR) is 141 cm³/mol. The number of hydrogen-bond donors (Lipinski definition) is 3. The number of aliphatic hydroxyl groups is 2. The molecule has 3 atom stereocenters. The van der Waals surface area contributed by atoms with Crippen molar-refractivity contribution in [1.29, 1.82) is 0 Å². The van der Waals surface area contributed by atoms with Crippen LogP contribution in [0.25, 0.3) is 16.8 Å². The number of fused-ring (bicyclic) bond motifs is 2. The van der Waals surface area contributed by atoms with Crippen LogP contribution in [-0.2, 0) is 16.6 Å². The molecule has 2 aromatic carbocycles. The molecule has 2 aliphatic rings. The van der Waals surface area contributed by atoms with Gasteiger partial charge in [-0.1, -0.05) is 36.4 Å². The van der Waals surface area contributed by atoms with E-state index in [-0.39, 0.29) is 34.8 Å². The molecule has 0 bridgehead atoms. The molecule has 0 unspecified atom stereocenters. The van der Waals surface area contributed by atoms with Crippen LogP contribution in [0.2, 0.25) is 0 Å². The number of hydrogen-bond acceptors (Lipinski definition) is 6. The number of alkyl halides is 3. The number of rotatable bonds is 5. The highest BCUT2D eigenvalue weighted by atomic mass is 19.4. The Balaban J connectivity index is 1.37. The van der Waals surface area contributed by atoms with Gasteiger partial charge < -0.3 is 20.8 Å². The number of nitrogens with zero attached hydrogens (tertiary/aromatic N) is 4. The SMILES string of the molecule is Nc1nccn2c([C@@H]3CC[C@H]4CCC(=O)N4C3)nc(-c3ccc([C@@](O)(CO)c4cccc(C(F)(F)F)c4)cc3)c12. The van der Waals surface area contributed by atoms with E-state index in [2.05, 4.69) is 4.98 Å². The Morgan fingerprint density at radius 2 is 1.77 bits per heavy atom. The average Bonchev–Trinajstić information content (AvgIpc) is 3.53. The van der Waals surface area contributed by atoms with Crippen LogP contribution < -0.4 is 5.73 Å². The van der Waals surface area contributed by atoms with Crippen molar-refractivity contribution in [1.82, 2.24) is 19.3 Å². The van der Waals surface area contributed by atoms with Gasteiger partial charge >= 0.3 is 6.18 Å². The summed E-state index contributed by atoms with van der Waals surface area (Å²) >= 11 is 0. The zero-order valence-electron chi connectivity index (χ0n) is 21.5. The van der Waals surface area contributed by atoms with Gasteiger partial charge in [0.1, 0.15) is 28.5 Å². The van der Waals surface area contributed by atoms with E-state index >= 15 is 0 Å². The van der Waals surface area contributed by atoms with E-state index in [1.807, 2.05) is 9.30 Å². The molecule has 40 heavy (non-hydrogen) atoms. The zero-order chi connectivity index (χ0) is 28.2. The lowest BCUT2D eigenvalue weighted by Crippen LogP contribution is -2.41. The standard InChI is InChI=1S/C29H28F3N5O3/c30-29(31,32)21-3-1-2-20(14-21)28(40,16-38)19-7-4-17(5-8-19)24-25-26(33)34-12-13-36(25)27(35-24)18-6-9-22-10-11-23(39)37(22)15-18/h1-5,7-8,12-14,18,22,38,40H,6,9-11,15-16H2,(H2,33,34)/t18-,22+,28+/m1/s1. The molecule has 4 N–H and O–H groups in total. The Morgan fingerprint density at radius 1 is 1.02 bits per heavy atom. The third-order valence-electron chi connectivity index (χ3n) is 8.23. The molecule has 1 amide bonds. The molecule has 11 heteroatoms. The Kier molecular flexibility index (Phi) is 6.30. The van der Waals surface area contributed by atoms with Gasteiger partial charge in [0.15, 0.2) is 0 Å². The number of anilines is 1. The maximum Gasteiger partial charge on any atom is 0.416 e. The Morgan fingerprint density at radius 3 is 2.50 bits per heavy atom. The molecule has 4 aromatic rings. The van der Waals surface area contributed by atoms with Crippen molar-refractivity contribution in [3.05, 3.63) is 83.4 Å². The average molecular weight is 552 g/mol. The van der Waals surface area contributed by atoms with Crippen LogP contribution in [0.5, 0.6) is 0 Å². The number of piperidine rings is 1. The van der Waals surface area contributed by atoms with Gasteiger partial charge in [0.05, 0.1) is 12.2 Å². The van der Waals surface area contributed by atoms with Gasteiger partial charge in [-0.15, -0.1) is 0 Å². The van der Waals surface area contributed by atoms with Crippen molar-refractivity contribution in [3.63, 3.8) is 0 Å². The quantitative estimate of drug-likeness (QED) is 0.344. The summed E-state index contributed by atoms with van der Waals surface area (Å²) in [5.74, 6) is 1.24. The lowest BCUT2D eigenvalue weighted by atomic mass is 9.85. The van der Waals surface area contributed by atoms with Crippen LogP contribution in [0.1, 0.15) is 54.1 Å². The number of aliphatic hydroxyl groups excluding tert-OH is 1. The third-order valence-corrected chi connectivity index (χ3v) is 8.23. The molecule has 4 heterocycles. The first-order valence-electron chi connectivity index (χ1n) is 13.1. The number of aromatic nitrogens is 3. The maximum absolute atomic E-state index is 13.3. The summed E-state index contributed by atoms with van der Waals surface area (Å²) in [6.45, 7) is -0.232. The van der Waals surface area contributed by atoms with E-state index in [0.717, 1.165) is 37.2 Å². The lowest BCUT2D eigenvalue weighted by Gasteiger charge is -2.34. The monoisotopic (exact) mass is 551 g/mol. The zero-order valence-corrected chi connectivity index (χ0v) is 21.5. The van der Waals surface area contributed by atoms with Crippen LogP contribution in [0.3, 0.4) is 0 Å². The highest BCUT2D eigenvalue weighted by Crippen LogP contribution is 2.39. The summed E-state index contributed by atoms with van der Waals surface area (Å²) in [6.07, 6.45) is 2.06. The number of carbonyl (C=O) groups is 1. The number of halogens is 3. The van der Waals surface area contributed by atoms with Crippen LogP contribution in [-0.4, -0.2) is 54.6 Å². The summed E-state index contributed by atoms with van der Waals surface area (Å²) < 4.78 is 41.8. The molecule has 0 aliphatic carbocycles. The second-order valence-electron chi connectivity index (χ2n) is 10.5. The summed E-state index contributed by atoms with van der Waals surface area (Å²) in [5.41, 5.74) is 5.29. The minimum atomic E-state index is -4.59. The molecule has 0 radical (unpaired) electrons. The molecule has 2 fully saturated rings. The predicted octanol–water partition coefficient (Wildman–Crippen LogP) is 4.09. The summed E-state index contributed by atoms with van der Waals surface area (Å²) in [6, 6.07) is 11.1. The Hall–Kier alpha value is -3.96. The van der Waals surface area contributed by atoms with Gasteiger partial charge in [0.25, 0.3) is 0 Å². The number of nitrogen functional groups attached to an aromatic ring is 1. The number of carbonyl (C=O) groups excluding carboxylic acids is 1. The van der Waals surface area contributed by atoms with Crippen molar-refractivity contribution in [2.75, 3.05) is 18.9 Å². The number of benzene rings is 2. The van der Waals surface area contributed by atoms with Gasteiger partial charge in [-0.2, -0.15) is 13.2 Å². The van der Waals surface area contributed by atoms with E-state index in [1.165, 1.54) is 12.1 Å². The summed E-state index contributed by atoms with van der Waals surface area (Å²) in [4.78, 5) is 23.6. The van der Waals surface area contributed by atoms with Gasteiger partial charge in [-0.3, -0.25) is 9.20 Å². The molecule has 0 saturated carbocycles. The van der Waals surface area contributed by atoms with E-state index in [4.69, 9.17) is 10.7 Å². The minimum absolute atomic E-state index is 0.0148. The Labute approximate surface area is 227 Å². The van der Waals surface area contributed by atoms with E-state index in [0.29, 0.717) is 29.7 Å². The molecular weight excluding hydrogens is 523 g/mol. The third kappa shape index (κ3) is 4.29. The largest absolute Gasteiger partial charge is 0.416 e. The molecule has 2 aromatic heterocycles. The summed E-state index contributed by atoms with van der Waals surface area (Å²) in [7, 11) is 0. The first kappa shape index (κ1) is 26.3. The lowest BCUT2D eigenvalue weighted by molar-refractivity contribution is -0.137. The normalized spacial score (nSPS) is 21.0. The first-order valence-corrected chi connectivity index (χ1v) is 13.1. The van der Waals surface area contributed by atoms with E-state index in [1.54, 1.807) is 36.7 Å². The number of imidazole rings is 1. The van der Waals surface area contributed by atoms with Gasteiger partial charge in [0.2, 0.25) is 5.91 Å². The van der Waals surface area contributed by atoms with E-state index < -0.39 is 23.9 Å². The van der Waals surface area contributed by atoms with Crippen LogP contribution >= 0.6 is 0 Å². The highest BCUT2D eigenvalue weighted by Gasteiger charge is 2.39. The Bertz CT molecular complexity index is 1590. The van der Waals surface area contributed by atoms with Crippen molar-refractivity contribution >= 4 is 17.2 Å². The molecule has 2 aliphatic heterocycles. The molecule has 208 valence electrons. The fourth-order valence-corrected chi connectivity index (χ4v) is 6.06. The topological polar surface area (TPSA) is 117 Å². The van der Waals surface area contributed by atoms with E-state index in [9.17, 15) is 28.2 Å². The highest BCUT2D eigenvalue weighted by molar-refractivity contribution is 5.85. The smallest absolute Gasteiger partial charge is 0.393 e. The van der Waals surface area contributed by atoms with Crippen LogP contribution in [0.15, 0.2) is 60.9 Å². The second-order valence-corrected chi connectivity index (χ2v) is 10.5. The molecular formula is C29H28F3N5O3. The first-order chi connectivity index (χ1) is 19.1. The van der Waals surface area contributed by atoms with Gasteiger partial charge in [-0.05, 0) is 42.5 Å². The maximum atomic E-state index is 13.3. The minimum Gasteiger partial charge on any atom is -0.393 e. The van der Waals surface area contributed by atoms with Gasteiger partial charge in [-0.25, -0.2) is 9.97 Å². The molecule has 2 saturated heterocycles. The van der Waals surface area contributed by atoms with Crippen molar-refractivity contribution in [2.24, 2.45) is 0 Å². The fraction of sp³-hybridized carbons (Fsp3) is 0.345. The van der Waals surface area contributed by atoms with Crippen LogP contribution in [0, 0.1) is 0 Å². The molecule has 0 spiro atoms. The van der Waals surface area contributed by atoms with Gasteiger partial charge in [0, 0.05) is 42.9 Å². The molecule has 8 nitrogen and oxygen atoms in total. The second kappa shape index (κ2) is 9.60. The van der Waals surface area contributed by atoms with Crippen molar-refractivity contribution in [2.45, 2.75) is 49.4 Å². The molecule has 6 rings (SSSR count). The number of nitrogens with two attached hydrogens (primary N) is 1. The van der Waals surface area contributed by atoms with Crippen molar-refractivity contribution in [3.8, 4) is 11.3 Å². The number of amides is 1. The van der Waals surface area contributed by atoms with Crippen molar-refractivity contribution < 1.29 is 28.2 Å². The fourth-order valence-electron chi connectivity index (χ4n) is 6.06.